The van der Waals surface area contributed by atoms with Gasteiger partial charge in [-0.1, -0.05) is 13.8 Å². The number of nitrogens with zero attached hydrogens (tertiary/aromatic N) is 1. The van der Waals surface area contributed by atoms with Gasteiger partial charge in [-0.2, -0.15) is 0 Å². The number of rotatable bonds is 7. The molecule has 16 heteroatoms. The molecule has 0 spiro atoms. The highest BCUT2D eigenvalue weighted by Gasteiger charge is 2.59. The van der Waals surface area contributed by atoms with Crippen molar-refractivity contribution < 1.29 is 67.6 Å². The van der Waals surface area contributed by atoms with Crippen LogP contribution in [0.5, 0.6) is 0 Å². The van der Waals surface area contributed by atoms with Crippen LogP contribution in [0.15, 0.2) is 0 Å². The molecule has 0 radical (unpaired) electrons. The van der Waals surface area contributed by atoms with E-state index in [1.165, 1.54) is 7.11 Å². The third-order valence-corrected chi connectivity index (χ3v) is 12.1. The zero-order chi connectivity index (χ0) is 40.7. The van der Waals surface area contributed by atoms with Crippen LogP contribution >= 0.6 is 0 Å². The van der Waals surface area contributed by atoms with E-state index in [1.54, 1.807) is 62.3 Å². The van der Waals surface area contributed by atoms with E-state index >= 15 is 0 Å². The van der Waals surface area contributed by atoms with Crippen LogP contribution in [0.1, 0.15) is 94.9 Å². The van der Waals surface area contributed by atoms with Crippen LogP contribution in [-0.2, 0) is 47.5 Å². The number of hydrogen-bond acceptors (Lipinski definition) is 15. The van der Waals surface area contributed by atoms with Gasteiger partial charge in [0.1, 0.15) is 18.3 Å². The summed E-state index contributed by atoms with van der Waals surface area (Å²) in [5, 5.41) is 37.9. The predicted octanol–water partition coefficient (Wildman–Crippen LogP) is 2.27. The average molecular weight is 775 g/mol. The van der Waals surface area contributed by atoms with Crippen molar-refractivity contribution >= 4 is 18.0 Å². The van der Waals surface area contributed by atoms with Crippen LogP contribution in [0.3, 0.4) is 0 Å². The van der Waals surface area contributed by atoms with Gasteiger partial charge in [0, 0.05) is 31.5 Å². The number of fused-ring (bicyclic) bond motifs is 1. The number of carbonyl (C=O) groups is 3. The number of aliphatic hydroxyl groups is 3. The Morgan fingerprint density at radius 1 is 0.926 bits per heavy atom. The summed E-state index contributed by atoms with van der Waals surface area (Å²) < 4.78 is 48.7. The first-order chi connectivity index (χ1) is 25.0. The van der Waals surface area contributed by atoms with Gasteiger partial charge < -0.3 is 63.4 Å². The molecule has 0 aromatic heterocycles. The smallest absolute Gasteiger partial charge is 0.458 e. The van der Waals surface area contributed by atoms with Crippen LogP contribution < -0.4 is 5.32 Å². The summed E-state index contributed by atoms with van der Waals surface area (Å²) in [5.41, 5.74) is -4.31. The van der Waals surface area contributed by atoms with E-state index in [1.807, 2.05) is 25.9 Å². The molecule has 18 atom stereocenters. The molecule has 4 fully saturated rings. The predicted molar refractivity (Wildman–Crippen MR) is 193 cm³/mol. The number of carbonyl (C=O) groups excluding carboxylic acids is 3. The van der Waals surface area contributed by atoms with Gasteiger partial charge in [-0.3, -0.25) is 9.59 Å². The van der Waals surface area contributed by atoms with Crippen molar-refractivity contribution in [3.8, 4) is 0 Å². The zero-order valence-corrected chi connectivity index (χ0v) is 34.3. The lowest BCUT2D eigenvalue weighted by Gasteiger charge is -2.48. The van der Waals surface area contributed by atoms with Crippen molar-refractivity contribution in [1.29, 1.82) is 0 Å². The standard InChI is InChI=1S/C38H66N2O14/c1-14-25-38(10)31(53-35(45)54-38)22(6)32(43)39-18(2)16-36(8,46)30(52-34-27(41)24(40(11)12)15-19(3)48-34)20(4)28(21(5)33(44)50-25)51-26-17-37(9,47-13)29(42)23(7)49-26/h18-31,34,41-42,46H,14-17H2,1-13H3,(H,39,43)/t18-,19-,20+,21-,22-,23+,24+,25?,26+,27-,28+,29+,30-,31-,34+,36-,37-,38-/m1/s1. The normalized spacial score (nSPS) is 48.5. The highest BCUT2D eigenvalue weighted by molar-refractivity contribution is 5.80. The number of cyclic esters (lactones) is 1. The Morgan fingerprint density at radius 2 is 1.57 bits per heavy atom. The van der Waals surface area contributed by atoms with E-state index in [9.17, 15) is 29.7 Å². The number of hydrogen-bond donors (Lipinski definition) is 4. The molecular weight excluding hydrogens is 708 g/mol. The van der Waals surface area contributed by atoms with Gasteiger partial charge in [0.25, 0.3) is 0 Å². The molecule has 0 aromatic carbocycles. The molecule has 0 aliphatic carbocycles. The second-order valence-corrected chi connectivity index (χ2v) is 17.0. The Morgan fingerprint density at radius 3 is 2.17 bits per heavy atom. The molecular formula is C38H66N2O14. The van der Waals surface area contributed by atoms with E-state index in [0.29, 0.717) is 6.42 Å². The number of amides is 1. The second kappa shape index (κ2) is 17.1. The van der Waals surface area contributed by atoms with Gasteiger partial charge >= 0.3 is 12.1 Å². The number of methoxy groups -OCH3 is 1. The first-order valence-corrected chi connectivity index (χ1v) is 19.3. The van der Waals surface area contributed by atoms with E-state index in [-0.39, 0.29) is 31.4 Å². The monoisotopic (exact) mass is 774 g/mol. The Kier molecular flexibility index (Phi) is 14.1. The third kappa shape index (κ3) is 9.18. The molecule has 4 saturated heterocycles. The fourth-order valence-electron chi connectivity index (χ4n) is 8.89. The van der Waals surface area contributed by atoms with E-state index in [4.69, 9.17) is 37.9 Å². The molecule has 4 rings (SSSR count). The molecule has 4 aliphatic rings. The minimum Gasteiger partial charge on any atom is -0.458 e. The van der Waals surface area contributed by atoms with Gasteiger partial charge in [0.15, 0.2) is 24.3 Å². The highest BCUT2D eigenvalue weighted by atomic mass is 16.8. The van der Waals surface area contributed by atoms with E-state index in [0.717, 1.165) is 0 Å². The van der Waals surface area contributed by atoms with E-state index in [2.05, 4.69) is 5.32 Å². The molecule has 1 amide bonds. The topological polar surface area (TPSA) is 201 Å². The first-order valence-electron chi connectivity index (χ1n) is 19.3. The van der Waals surface area contributed by atoms with Gasteiger partial charge in [-0.25, -0.2) is 4.79 Å². The lowest BCUT2D eigenvalue weighted by atomic mass is 9.78. The number of ether oxygens (including phenoxy) is 8. The van der Waals surface area contributed by atoms with Crippen molar-refractivity contribution in [2.45, 2.75) is 185 Å². The highest BCUT2D eigenvalue weighted by Crippen LogP contribution is 2.41. The minimum absolute atomic E-state index is 0.0395. The molecule has 1 unspecified atom stereocenters. The molecule has 4 heterocycles. The van der Waals surface area contributed by atoms with Crippen molar-refractivity contribution in [3.05, 3.63) is 0 Å². The van der Waals surface area contributed by atoms with Crippen LogP contribution in [0.25, 0.3) is 0 Å². The summed E-state index contributed by atoms with van der Waals surface area (Å²) in [4.78, 5) is 42.6. The summed E-state index contributed by atoms with van der Waals surface area (Å²) in [7, 11) is 5.20. The van der Waals surface area contributed by atoms with Crippen LogP contribution in [0, 0.1) is 17.8 Å². The summed E-state index contributed by atoms with van der Waals surface area (Å²) in [5.74, 6) is -4.01. The zero-order valence-electron chi connectivity index (χ0n) is 34.3. The SMILES string of the molecule is CCC1OC(=O)[C@H](C)[C@@H](O[C@H]2C[C@@](C)(OC)[C@@H](O)[C@H](C)O2)[C@H](C)[C@@H](O[C@@H]2O[C@H](C)C[C@H](N(C)C)[C@H]2O)[C@](C)(O)C[C@@H](C)NC(=O)[C@H](C)[C@H]2OC(=O)O[C@]12C. The van der Waals surface area contributed by atoms with Crippen molar-refractivity contribution in [2.24, 2.45) is 17.8 Å². The number of esters is 1. The molecule has 0 bridgehead atoms. The maximum atomic E-state index is 14.4. The summed E-state index contributed by atoms with van der Waals surface area (Å²) >= 11 is 0. The molecule has 312 valence electrons. The number of nitrogens with one attached hydrogen (secondary N) is 1. The number of aliphatic hydroxyl groups excluding tert-OH is 2. The molecule has 16 nitrogen and oxygen atoms in total. The van der Waals surface area contributed by atoms with Gasteiger partial charge in [-0.05, 0) is 88.7 Å². The van der Waals surface area contributed by atoms with Crippen molar-refractivity contribution in [2.75, 3.05) is 21.2 Å². The fourth-order valence-corrected chi connectivity index (χ4v) is 8.89. The third-order valence-electron chi connectivity index (χ3n) is 12.1. The maximum Gasteiger partial charge on any atom is 0.509 e. The largest absolute Gasteiger partial charge is 0.509 e. The van der Waals surface area contributed by atoms with Gasteiger partial charge in [0.2, 0.25) is 5.91 Å². The van der Waals surface area contributed by atoms with Crippen LogP contribution in [-0.4, -0.2) is 150 Å². The van der Waals surface area contributed by atoms with Crippen LogP contribution in [0.2, 0.25) is 0 Å². The van der Waals surface area contributed by atoms with E-state index < -0.39 is 114 Å². The van der Waals surface area contributed by atoms with Gasteiger partial charge in [0.05, 0.1) is 47.5 Å². The quantitative estimate of drug-likeness (QED) is 0.275. The fraction of sp³-hybridized carbons (Fsp3) is 0.921. The Bertz CT molecular complexity index is 1320. The second-order valence-electron chi connectivity index (χ2n) is 17.0. The summed E-state index contributed by atoms with van der Waals surface area (Å²) in [6, 6.07) is -0.961. The Balaban J connectivity index is 1.83. The van der Waals surface area contributed by atoms with Crippen molar-refractivity contribution in [1.82, 2.24) is 10.2 Å². The average Bonchev–Trinajstić information content (AvgIpc) is 3.40. The molecule has 4 aliphatic heterocycles. The Hall–Kier alpha value is -2.15. The maximum absolute atomic E-state index is 14.4. The lowest BCUT2D eigenvalue weighted by Crippen LogP contribution is -2.61. The first kappa shape index (κ1) is 44.6. The molecule has 4 N–H and O–H groups in total. The molecule has 54 heavy (non-hydrogen) atoms. The minimum atomic E-state index is -1.74. The van der Waals surface area contributed by atoms with Crippen LogP contribution in [0.4, 0.5) is 4.79 Å². The molecule has 0 saturated carbocycles. The number of likely N-dealkylation sites (N-methyl/N-ethyl adjacent to an activating group) is 1. The molecule has 0 aromatic rings. The van der Waals surface area contributed by atoms with Crippen molar-refractivity contribution in [3.63, 3.8) is 0 Å². The Labute approximate surface area is 319 Å². The van der Waals surface area contributed by atoms with Gasteiger partial charge in [-0.15, -0.1) is 0 Å². The summed E-state index contributed by atoms with van der Waals surface area (Å²) in [6.45, 7) is 16.9. The lowest BCUT2D eigenvalue weighted by molar-refractivity contribution is -0.317. The summed E-state index contributed by atoms with van der Waals surface area (Å²) in [6.07, 6.45) is -9.80.